The van der Waals surface area contributed by atoms with Gasteiger partial charge in [-0.1, -0.05) is 13.0 Å². The van der Waals surface area contributed by atoms with Crippen LogP contribution >= 0.6 is 0 Å². The van der Waals surface area contributed by atoms with Gasteiger partial charge in [-0.15, -0.1) is 0 Å². The van der Waals surface area contributed by atoms with E-state index in [1.165, 1.54) is 6.07 Å². The Kier molecular flexibility index (Phi) is 4.05. The number of aromatic nitrogens is 1. The first kappa shape index (κ1) is 11.5. The van der Waals surface area contributed by atoms with Crippen LogP contribution in [0.2, 0.25) is 0 Å². The summed E-state index contributed by atoms with van der Waals surface area (Å²) in [6.45, 7) is 2.50. The van der Waals surface area contributed by atoms with Gasteiger partial charge in [-0.25, -0.2) is 0 Å². The molecule has 0 aliphatic carbocycles. The van der Waals surface area contributed by atoms with Crippen LogP contribution in [0.25, 0.3) is 0 Å². The molecule has 0 fully saturated rings. The zero-order chi connectivity index (χ0) is 11.3. The molecule has 4 N–H and O–H groups in total. The zero-order valence-corrected chi connectivity index (χ0v) is 8.62. The summed E-state index contributed by atoms with van der Waals surface area (Å²) in [5, 5.41) is 2.73. The third-order valence-corrected chi connectivity index (χ3v) is 2.12. The monoisotopic (exact) mass is 209 g/mol. The van der Waals surface area contributed by atoms with Crippen LogP contribution in [-0.4, -0.2) is 17.4 Å². The van der Waals surface area contributed by atoms with E-state index in [-0.39, 0.29) is 17.4 Å². The number of H-pyrrole nitrogens is 1. The summed E-state index contributed by atoms with van der Waals surface area (Å²) in [4.78, 5) is 24.6. The maximum absolute atomic E-state index is 11.4. The van der Waals surface area contributed by atoms with Crippen molar-refractivity contribution in [1.29, 1.82) is 0 Å². The van der Waals surface area contributed by atoms with Crippen LogP contribution in [0.5, 0.6) is 0 Å². The number of hydrogen-bond acceptors (Lipinski definition) is 3. The number of pyridine rings is 1. The lowest BCUT2D eigenvalue weighted by molar-refractivity contribution is -0.124. The minimum atomic E-state index is -0.187. The fourth-order valence-corrected chi connectivity index (χ4v) is 1.02. The highest BCUT2D eigenvalue weighted by atomic mass is 16.1. The van der Waals surface area contributed by atoms with Crippen molar-refractivity contribution in [2.45, 2.75) is 13.5 Å². The first-order valence-corrected chi connectivity index (χ1v) is 4.79. The minimum absolute atomic E-state index is 0.0799. The van der Waals surface area contributed by atoms with Crippen LogP contribution in [0.1, 0.15) is 12.5 Å². The highest BCUT2D eigenvalue weighted by molar-refractivity contribution is 5.78. The fourth-order valence-electron chi connectivity index (χ4n) is 1.02. The first-order valence-electron chi connectivity index (χ1n) is 4.79. The van der Waals surface area contributed by atoms with Gasteiger partial charge in [0.2, 0.25) is 11.5 Å². The second-order valence-corrected chi connectivity index (χ2v) is 3.42. The number of hydrogen-bond donors (Lipinski definition) is 3. The van der Waals surface area contributed by atoms with Gasteiger partial charge in [0.25, 0.3) is 0 Å². The number of rotatable bonds is 4. The quantitative estimate of drug-likeness (QED) is 0.629. The Labute approximate surface area is 87.7 Å². The molecule has 15 heavy (non-hydrogen) atoms. The van der Waals surface area contributed by atoms with Gasteiger partial charge in [0.05, 0.1) is 0 Å². The van der Waals surface area contributed by atoms with Crippen molar-refractivity contribution >= 4 is 5.91 Å². The molecule has 5 heteroatoms. The molecule has 1 amide bonds. The molecule has 0 aromatic carbocycles. The largest absolute Gasteiger partial charge is 0.352 e. The van der Waals surface area contributed by atoms with Crippen LogP contribution in [0, 0.1) is 5.92 Å². The lowest BCUT2D eigenvalue weighted by atomic mass is 10.1. The molecule has 0 aliphatic rings. The molecule has 1 rings (SSSR count). The summed E-state index contributed by atoms with van der Waals surface area (Å²) in [7, 11) is 0. The molecule has 0 aliphatic heterocycles. The Morgan fingerprint density at radius 1 is 1.60 bits per heavy atom. The van der Waals surface area contributed by atoms with Crippen molar-refractivity contribution in [3.63, 3.8) is 0 Å². The molecule has 0 radical (unpaired) electrons. The lowest BCUT2D eigenvalue weighted by Crippen LogP contribution is -2.32. The van der Waals surface area contributed by atoms with Gasteiger partial charge in [0.1, 0.15) is 0 Å². The molecule has 1 aromatic heterocycles. The third kappa shape index (κ3) is 3.55. The molecule has 5 nitrogen and oxygen atoms in total. The number of carbonyl (C=O) groups is 1. The highest BCUT2D eigenvalue weighted by Gasteiger charge is 2.09. The summed E-state index contributed by atoms with van der Waals surface area (Å²) in [5.74, 6) is -0.267. The van der Waals surface area contributed by atoms with E-state index >= 15 is 0 Å². The molecular weight excluding hydrogens is 194 g/mol. The van der Waals surface area contributed by atoms with E-state index < -0.39 is 0 Å². The second-order valence-electron chi connectivity index (χ2n) is 3.42. The Morgan fingerprint density at radius 2 is 2.33 bits per heavy atom. The smallest absolute Gasteiger partial charge is 0.247 e. The van der Waals surface area contributed by atoms with Crippen LogP contribution in [-0.2, 0) is 11.3 Å². The predicted octanol–water partition coefficient (Wildman–Crippen LogP) is -0.414. The summed E-state index contributed by atoms with van der Waals surface area (Å²) >= 11 is 0. The van der Waals surface area contributed by atoms with E-state index in [4.69, 9.17) is 5.73 Å². The summed E-state index contributed by atoms with van der Waals surface area (Å²) in [5.41, 5.74) is 6.05. The van der Waals surface area contributed by atoms with Crippen LogP contribution < -0.4 is 16.6 Å². The average molecular weight is 209 g/mol. The Morgan fingerprint density at radius 3 is 2.87 bits per heavy atom. The van der Waals surface area contributed by atoms with Crippen LogP contribution in [0.3, 0.4) is 0 Å². The van der Waals surface area contributed by atoms with Gasteiger partial charge < -0.3 is 16.0 Å². The lowest BCUT2D eigenvalue weighted by Gasteiger charge is -2.09. The average Bonchev–Trinajstić information content (AvgIpc) is 2.26. The molecule has 1 unspecified atom stereocenters. The SMILES string of the molecule is CC(CN)C(=O)NCc1ccc(=O)[nH]c1. The van der Waals surface area contributed by atoms with Crippen molar-refractivity contribution in [3.8, 4) is 0 Å². The Balaban J connectivity index is 2.47. The van der Waals surface area contributed by atoms with Crippen LogP contribution in [0.15, 0.2) is 23.1 Å². The Bertz CT molecular complexity index is 366. The molecule has 0 bridgehead atoms. The van der Waals surface area contributed by atoms with Crippen LogP contribution in [0.4, 0.5) is 0 Å². The van der Waals surface area contributed by atoms with Crippen molar-refractivity contribution in [1.82, 2.24) is 10.3 Å². The number of nitrogens with one attached hydrogen (secondary N) is 2. The van der Waals surface area contributed by atoms with Gasteiger partial charge in [0.15, 0.2) is 0 Å². The molecule has 0 saturated carbocycles. The van der Waals surface area contributed by atoms with E-state index in [2.05, 4.69) is 10.3 Å². The molecule has 1 heterocycles. The predicted molar refractivity (Wildman–Crippen MR) is 57.1 cm³/mol. The molecule has 82 valence electrons. The van der Waals surface area contributed by atoms with Gasteiger partial charge in [-0.3, -0.25) is 9.59 Å². The van der Waals surface area contributed by atoms with E-state index in [9.17, 15) is 9.59 Å². The highest BCUT2D eigenvalue weighted by Crippen LogP contribution is 1.95. The topological polar surface area (TPSA) is 88.0 Å². The van der Waals surface area contributed by atoms with E-state index in [1.54, 1.807) is 19.2 Å². The van der Waals surface area contributed by atoms with E-state index in [1.807, 2.05) is 0 Å². The zero-order valence-electron chi connectivity index (χ0n) is 8.62. The van der Waals surface area contributed by atoms with Crippen molar-refractivity contribution in [2.24, 2.45) is 11.7 Å². The van der Waals surface area contributed by atoms with Gasteiger partial charge in [0, 0.05) is 31.3 Å². The van der Waals surface area contributed by atoms with E-state index in [0.717, 1.165) is 5.56 Å². The van der Waals surface area contributed by atoms with Gasteiger partial charge in [-0.05, 0) is 5.56 Å². The molecule has 1 aromatic rings. The van der Waals surface area contributed by atoms with Crippen molar-refractivity contribution in [2.75, 3.05) is 6.54 Å². The summed E-state index contributed by atoms with van der Waals surface area (Å²) < 4.78 is 0. The number of aromatic amines is 1. The fraction of sp³-hybridized carbons (Fsp3) is 0.400. The summed E-state index contributed by atoms with van der Waals surface area (Å²) in [6.07, 6.45) is 1.58. The van der Waals surface area contributed by atoms with Gasteiger partial charge in [-0.2, -0.15) is 0 Å². The van der Waals surface area contributed by atoms with Crippen molar-refractivity contribution in [3.05, 3.63) is 34.2 Å². The summed E-state index contributed by atoms with van der Waals surface area (Å²) in [6, 6.07) is 3.10. The minimum Gasteiger partial charge on any atom is -0.352 e. The second kappa shape index (κ2) is 5.31. The normalized spacial score (nSPS) is 12.1. The van der Waals surface area contributed by atoms with Gasteiger partial charge >= 0.3 is 0 Å². The maximum atomic E-state index is 11.4. The Hall–Kier alpha value is -1.62. The number of carbonyl (C=O) groups excluding carboxylic acids is 1. The first-order chi connectivity index (χ1) is 7.13. The van der Waals surface area contributed by atoms with E-state index in [0.29, 0.717) is 13.1 Å². The van der Waals surface area contributed by atoms with Crippen molar-refractivity contribution < 1.29 is 4.79 Å². The molecule has 1 atom stereocenters. The number of nitrogens with two attached hydrogens (primary N) is 1. The standard InChI is InChI=1S/C10H15N3O2/c1-7(4-11)10(15)13-6-8-2-3-9(14)12-5-8/h2-3,5,7H,4,6,11H2,1H3,(H,12,14)(H,13,15). The maximum Gasteiger partial charge on any atom is 0.247 e. The third-order valence-electron chi connectivity index (χ3n) is 2.12. The molecule has 0 spiro atoms. The number of amides is 1. The molecular formula is C10H15N3O2. The molecule has 0 saturated heterocycles.